The Morgan fingerprint density at radius 3 is 2.49 bits per heavy atom. The van der Waals surface area contributed by atoms with Gasteiger partial charge in [0.2, 0.25) is 0 Å². The Balaban J connectivity index is 1.40. The summed E-state index contributed by atoms with van der Waals surface area (Å²) >= 11 is 4.84. The number of hydrogen-bond acceptors (Lipinski definition) is 11. The average molecular weight is 555 g/mol. The van der Waals surface area contributed by atoms with E-state index in [0.717, 1.165) is 11.8 Å². The number of aromatic nitrogens is 2. The number of aliphatic hydroxyl groups excluding tert-OH is 1. The first kappa shape index (κ1) is 25.5. The first-order valence-electron chi connectivity index (χ1n) is 10.0. The van der Waals surface area contributed by atoms with E-state index in [4.69, 9.17) is 5.11 Å². The summed E-state index contributed by atoms with van der Waals surface area (Å²) in [6.45, 7) is 0. The maximum atomic E-state index is 12.8. The van der Waals surface area contributed by atoms with Crippen molar-refractivity contribution in [3.05, 3.63) is 47.2 Å². The SMILES string of the molecule is O=C(O)CSc1nnc(SCC2=C(C(=O)O)N3C(=O)C(NC(=O)[C@H](O)c4ccccc4)[C@H]3SC2)s1. The van der Waals surface area contributed by atoms with Crippen LogP contribution in [0.3, 0.4) is 0 Å². The van der Waals surface area contributed by atoms with Crippen LogP contribution in [0.25, 0.3) is 0 Å². The number of fused-ring (bicyclic) bond motifs is 1. The first-order chi connectivity index (χ1) is 16.8. The van der Waals surface area contributed by atoms with Gasteiger partial charge < -0.3 is 20.6 Å². The van der Waals surface area contributed by atoms with Crippen LogP contribution in [-0.2, 0) is 19.2 Å². The van der Waals surface area contributed by atoms with Crippen LogP contribution in [0.5, 0.6) is 0 Å². The van der Waals surface area contributed by atoms with Crippen LogP contribution in [0.1, 0.15) is 11.7 Å². The van der Waals surface area contributed by atoms with Gasteiger partial charge in [0.25, 0.3) is 11.8 Å². The molecule has 0 bridgehead atoms. The van der Waals surface area contributed by atoms with Gasteiger partial charge in [0.1, 0.15) is 17.1 Å². The van der Waals surface area contributed by atoms with Crippen molar-refractivity contribution in [3.8, 4) is 0 Å². The Bertz CT molecular complexity index is 1190. The zero-order chi connectivity index (χ0) is 25.1. The van der Waals surface area contributed by atoms with E-state index in [9.17, 15) is 29.4 Å². The third-order valence-corrected chi connectivity index (χ3v) is 9.59. The van der Waals surface area contributed by atoms with Crippen molar-refractivity contribution >= 4 is 70.4 Å². The number of nitrogens with zero attached hydrogens (tertiary/aromatic N) is 3. The molecule has 3 atom stereocenters. The number of nitrogens with one attached hydrogen (secondary N) is 1. The molecule has 2 aliphatic rings. The normalized spacial score (nSPS) is 20.1. The van der Waals surface area contributed by atoms with E-state index in [1.807, 2.05) is 0 Å². The Morgan fingerprint density at radius 1 is 1.14 bits per heavy atom. The van der Waals surface area contributed by atoms with Crippen molar-refractivity contribution < 1.29 is 34.5 Å². The van der Waals surface area contributed by atoms with Gasteiger partial charge in [-0.25, -0.2) is 4.79 Å². The van der Waals surface area contributed by atoms with Crippen LogP contribution >= 0.6 is 46.6 Å². The van der Waals surface area contributed by atoms with Crippen molar-refractivity contribution in [2.45, 2.75) is 26.2 Å². The number of aliphatic hydroxyl groups is 1. The molecule has 3 heterocycles. The maximum absolute atomic E-state index is 12.8. The maximum Gasteiger partial charge on any atom is 0.352 e. The lowest BCUT2D eigenvalue weighted by Gasteiger charge is -2.49. The largest absolute Gasteiger partial charge is 0.481 e. The predicted octanol–water partition coefficient (Wildman–Crippen LogP) is 1.28. The number of carbonyl (C=O) groups is 4. The number of β-lactam (4-membered cyclic amide) rings is 1. The summed E-state index contributed by atoms with van der Waals surface area (Å²) in [5, 5.41) is 38.7. The van der Waals surface area contributed by atoms with Crippen LogP contribution in [0.4, 0.5) is 0 Å². The lowest BCUT2D eigenvalue weighted by molar-refractivity contribution is -0.151. The van der Waals surface area contributed by atoms with E-state index in [1.54, 1.807) is 30.3 Å². The molecule has 35 heavy (non-hydrogen) atoms. The molecule has 0 radical (unpaired) electrons. The van der Waals surface area contributed by atoms with Crippen molar-refractivity contribution in [2.75, 3.05) is 17.3 Å². The fourth-order valence-electron chi connectivity index (χ4n) is 3.40. The molecule has 11 nitrogen and oxygen atoms in total. The Labute approximate surface area is 215 Å². The van der Waals surface area contributed by atoms with Gasteiger partial charge in [-0.2, -0.15) is 0 Å². The van der Waals surface area contributed by atoms with Crippen LogP contribution < -0.4 is 5.32 Å². The molecule has 2 aliphatic heterocycles. The zero-order valence-corrected chi connectivity index (χ0v) is 21.0. The third-order valence-electron chi connectivity index (χ3n) is 4.99. The quantitative estimate of drug-likeness (QED) is 0.245. The highest BCUT2D eigenvalue weighted by molar-refractivity contribution is 8.03. The Hall–Kier alpha value is -2.59. The molecule has 1 unspecified atom stereocenters. The van der Waals surface area contributed by atoms with Crippen LogP contribution in [0.15, 0.2) is 50.3 Å². The number of aliphatic carboxylic acids is 2. The first-order valence-corrected chi connectivity index (χ1v) is 13.8. The third kappa shape index (κ3) is 5.64. The molecule has 2 aromatic rings. The molecule has 15 heteroatoms. The van der Waals surface area contributed by atoms with Crippen LogP contribution in [-0.4, -0.2) is 82.8 Å². The van der Waals surface area contributed by atoms with E-state index in [2.05, 4.69) is 15.5 Å². The highest BCUT2D eigenvalue weighted by Gasteiger charge is 2.54. The molecule has 0 spiro atoms. The zero-order valence-electron chi connectivity index (χ0n) is 17.7. The fraction of sp³-hybridized carbons (Fsp3) is 0.300. The number of thioether (sulfide) groups is 3. The summed E-state index contributed by atoms with van der Waals surface area (Å²) in [4.78, 5) is 49.1. The number of carbonyl (C=O) groups excluding carboxylic acids is 2. The number of benzene rings is 1. The molecule has 1 fully saturated rings. The van der Waals surface area contributed by atoms with E-state index in [-0.39, 0.29) is 17.2 Å². The second-order valence-corrected chi connectivity index (χ2v) is 11.8. The summed E-state index contributed by atoms with van der Waals surface area (Å²) in [6.07, 6.45) is -1.45. The van der Waals surface area contributed by atoms with Crippen molar-refractivity contribution in [1.29, 1.82) is 0 Å². The van der Waals surface area contributed by atoms with Crippen molar-refractivity contribution in [1.82, 2.24) is 20.4 Å². The minimum Gasteiger partial charge on any atom is -0.481 e. The second-order valence-electron chi connectivity index (χ2n) is 7.27. The average Bonchev–Trinajstić information content (AvgIpc) is 3.31. The smallest absolute Gasteiger partial charge is 0.352 e. The lowest BCUT2D eigenvalue weighted by Crippen LogP contribution is -2.70. The van der Waals surface area contributed by atoms with E-state index in [1.165, 1.54) is 39.8 Å². The molecule has 0 aliphatic carbocycles. The van der Waals surface area contributed by atoms with Crippen LogP contribution in [0, 0.1) is 0 Å². The molecular formula is C20H18N4O7S4. The van der Waals surface area contributed by atoms with Gasteiger partial charge in [-0.15, -0.1) is 22.0 Å². The number of hydrogen-bond donors (Lipinski definition) is 4. The molecule has 4 rings (SSSR count). The monoisotopic (exact) mass is 554 g/mol. The predicted molar refractivity (Wildman–Crippen MR) is 130 cm³/mol. The molecule has 0 saturated carbocycles. The van der Waals surface area contributed by atoms with Gasteiger partial charge in [0, 0.05) is 11.5 Å². The van der Waals surface area contributed by atoms with Gasteiger partial charge in [-0.05, 0) is 11.1 Å². The number of amides is 2. The Morgan fingerprint density at radius 2 is 1.83 bits per heavy atom. The summed E-state index contributed by atoms with van der Waals surface area (Å²) in [6, 6.07) is 7.36. The van der Waals surface area contributed by atoms with Gasteiger partial charge in [0.15, 0.2) is 14.8 Å². The molecule has 184 valence electrons. The molecule has 2 amide bonds. The molecule has 1 aromatic heterocycles. The van der Waals surface area contributed by atoms with E-state index in [0.29, 0.717) is 25.6 Å². The minimum absolute atomic E-state index is 0.120. The fourth-order valence-corrected chi connectivity index (χ4v) is 7.62. The summed E-state index contributed by atoms with van der Waals surface area (Å²) in [5.74, 6) is -3.05. The van der Waals surface area contributed by atoms with Gasteiger partial charge >= 0.3 is 11.9 Å². The number of rotatable bonds is 10. The molecule has 4 N–H and O–H groups in total. The standard InChI is InChI=1S/C20H18N4O7S4/c25-11(26)8-34-20-23-22-19(35-20)33-7-10-6-32-17-12(16(29)24(17)13(10)18(30)31)21-15(28)14(27)9-4-2-1-3-5-9/h1-5,12,14,17,27H,6-8H2,(H,21,28)(H,25,26)(H,30,31)/t12?,14-,17-/m1/s1. The summed E-state index contributed by atoms with van der Waals surface area (Å²) < 4.78 is 1.05. The molecular weight excluding hydrogens is 537 g/mol. The lowest BCUT2D eigenvalue weighted by atomic mass is 10.0. The van der Waals surface area contributed by atoms with Gasteiger partial charge in [-0.3, -0.25) is 19.3 Å². The van der Waals surface area contributed by atoms with Crippen molar-refractivity contribution in [3.63, 3.8) is 0 Å². The molecule has 1 aromatic carbocycles. The van der Waals surface area contributed by atoms with E-state index >= 15 is 0 Å². The molecule has 1 saturated heterocycles. The number of carboxylic acids is 2. The van der Waals surface area contributed by atoms with E-state index < -0.39 is 41.3 Å². The highest BCUT2D eigenvalue weighted by Crippen LogP contribution is 2.42. The summed E-state index contributed by atoms with van der Waals surface area (Å²) in [7, 11) is 0. The van der Waals surface area contributed by atoms with Crippen LogP contribution in [0.2, 0.25) is 0 Å². The number of carboxylic acid groups (broad SMARTS) is 2. The van der Waals surface area contributed by atoms with Gasteiger partial charge in [0.05, 0.1) is 5.75 Å². The highest BCUT2D eigenvalue weighted by atomic mass is 32.2. The Kier molecular flexibility index (Phi) is 8.01. The summed E-state index contributed by atoms with van der Waals surface area (Å²) in [5.41, 5.74) is 0.794. The topological polar surface area (TPSA) is 170 Å². The van der Waals surface area contributed by atoms with Crippen molar-refractivity contribution in [2.24, 2.45) is 0 Å². The van der Waals surface area contributed by atoms with Gasteiger partial charge in [-0.1, -0.05) is 65.2 Å². The minimum atomic E-state index is -1.45. The second kappa shape index (κ2) is 11.0.